The van der Waals surface area contributed by atoms with Crippen LogP contribution in [0, 0.1) is 0 Å². The fourth-order valence-electron chi connectivity index (χ4n) is 2.17. The van der Waals surface area contributed by atoms with Gasteiger partial charge in [0.15, 0.2) is 0 Å². The van der Waals surface area contributed by atoms with Crippen molar-refractivity contribution in [1.29, 1.82) is 0 Å². The van der Waals surface area contributed by atoms with Crippen LogP contribution in [-0.4, -0.2) is 21.7 Å². The number of nitrogen functional groups attached to an aromatic ring is 1. The van der Waals surface area contributed by atoms with E-state index in [4.69, 9.17) is 10.2 Å². The van der Waals surface area contributed by atoms with Gasteiger partial charge in [0.05, 0.1) is 17.3 Å². The number of aryl methyl sites for hydroxylation is 1. The number of oxazole rings is 1. The topological polar surface area (TPSA) is 89.4 Å². The van der Waals surface area contributed by atoms with Gasteiger partial charge in [0.1, 0.15) is 12.3 Å². The number of amides is 2. The summed E-state index contributed by atoms with van der Waals surface area (Å²) in [6.45, 7) is 1.97. The largest absolute Gasteiger partial charge is 0.444 e. The number of nitrogens with zero attached hydrogens (tertiary/aromatic N) is 2. The summed E-state index contributed by atoms with van der Waals surface area (Å²) in [6, 6.07) is 4.69. The second-order valence-corrected chi connectivity index (χ2v) is 4.58. The summed E-state index contributed by atoms with van der Waals surface area (Å²) in [6.07, 6.45) is 2.32. The summed E-state index contributed by atoms with van der Waals surface area (Å²) in [5, 5.41) is 0. The van der Waals surface area contributed by atoms with E-state index in [0.717, 1.165) is 10.7 Å². The van der Waals surface area contributed by atoms with Crippen LogP contribution < -0.4 is 5.73 Å². The fraction of sp³-hybridized carbons (Fsp3) is 0.214. The van der Waals surface area contributed by atoms with E-state index in [2.05, 4.69) is 4.98 Å². The lowest BCUT2D eigenvalue weighted by molar-refractivity contribution is 0.0628. The molecular weight excluding hydrogens is 258 g/mol. The zero-order valence-electron chi connectivity index (χ0n) is 10.9. The molecule has 0 bridgehead atoms. The number of rotatable bonds is 3. The molecule has 0 saturated heterocycles. The summed E-state index contributed by atoms with van der Waals surface area (Å²) < 4.78 is 5.43. The minimum absolute atomic E-state index is 0.0340. The second kappa shape index (κ2) is 4.48. The van der Waals surface area contributed by atoms with Gasteiger partial charge in [-0.15, -0.1) is 0 Å². The van der Waals surface area contributed by atoms with Gasteiger partial charge in [0.2, 0.25) is 5.89 Å². The van der Waals surface area contributed by atoms with Crippen molar-refractivity contribution < 1.29 is 14.0 Å². The van der Waals surface area contributed by atoms with Gasteiger partial charge in [-0.25, -0.2) is 4.98 Å². The third-order valence-corrected chi connectivity index (χ3v) is 3.24. The standard InChI is InChI=1S/C14H13N3O3/c1-2-9-6-16-12(20-9)7-17-13(18)10-4-3-8(15)5-11(10)14(17)19/h3-6H,2,7,15H2,1H3. The molecule has 2 aromatic rings. The van der Waals surface area contributed by atoms with Gasteiger partial charge in [-0.05, 0) is 18.2 Å². The third-order valence-electron chi connectivity index (χ3n) is 3.24. The number of fused-ring (bicyclic) bond motifs is 1. The first kappa shape index (κ1) is 12.4. The van der Waals surface area contributed by atoms with Crippen LogP contribution in [-0.2, 0) is 13.0 Å². The Morgan fingerprint density at radius 1 is 1.25 bits per heavy atom. The van der Waals surface area contributed by atoms with Gasteiger partial charge < -0.3 is 10.2 Å². The monoisotopic (exact) mass is 271 g/mol. The predicted molar refractivity (Wildman–Crippen MR) is 70.9 cm³/mol. The molecule has 1 aliphatic heterocycles. The van der Waals surface area contributed by atoms with Gasteiger partial charge >= 0.3 is 0 Å². The summed E-state index contributed by atoms with van der Waals surface area (Å²) in [5.41, 5.74) is 6.80. The van der Waals surface area contributed by atoms with Gasteiger partial charge in [-0.1, -0.05) is 6.92 Å². The van der Waals surface area contributed by atoms with E-state index < -0.39 is 0 Å². The lowest BCUT2D eigenvalue weighted by Gasteiger charge is -2.10. The van der Waals surface area contributed by atoms with Crippen LogP contribution >= 0.6 is 0 Å². The molecule has 6 nitrogen and oxygen atoms in total. The number of aromatic nitrogens is 1. The maximum Gasteiger partial charge on any atom is 0.262 e. The average Bonchev–Trinajstić information content (AvgIpc) is 2.98. The van der Waals surface area contributed by atoms with E-state index in [1.807, 2.05) is 6.92 Å². The Kier molecular flexibility index (Phi) is 2.78. The molecule has 0 atom stereocenters. The lowest BCUT2D eigenvalue weighted by atomic mass is 10.1. The molecule has 20 heavy (non-hydrogen) atoms. The van der Waals surface area contributed by atoms with Crippen LogP contribution in [0.4, 0.5) is 5.69 Å². The molecule has 0 fully saturated rings. The first-order chi connectivity index (χ1) is 9.60. The van der Waals surface area contributed by atoms with Crippen LogP contribution in [0.3, 0.4) is 0 Å². The average molecular weight is 271 g/mol. The molecule has 1 aromatic carbocycles. The summed E-state index contributed by atoms with van der Waals surface area (Å²) in [7, 11) is 0. The Labute approximate surface area is 115 Å². The number of hydrogen-bond acceptors (Lipinski definition) is 5. The maximum atomic E-state index is 12.2. The van der Waals surface area contributed by atoms with Crippen LogP contribution in [0.2, 0.25) is 0 Å². The highest BCUT2D eigenvalue weighted by atomic mass is 16.4. The number of benzene rings is 1. The highest BCUT2D eigenvalue weighted by Gasteiger charge is 2.36. The van der Waals surface area contributed by atoms with E-state index in [-0.39, 0.29) is 18.4 Å². The molecule has 0 saturated carbocycles. The van der Waals surface area contributed by atoms with Crippen molar-refractivity contribution >= 4 is 17.5 Å². The normalized spacial score (nSPS) is 13.9. The van der Waals surface area contributed by atoms with Gasteiger partial charge in [0.25, 0.3) is 11.8 Å². The number of anilines is 1. The van der Waals surface area contributed by atoms with E-state index in [9.17, 15) is 9.59 Å². The first-order valence-corrected chi connectivity index (χ1v) is 6.29. The third kappa shape index (κ3) is 1.85. The smallest absolute Gasteiger partial charge is 0.262 e. The van der Waals surface area contributed by atoms with E-state index in [1.54, 1.807) is 18.3 Å². The second-order valence-electron chi connectivity index (χ2n) is 4.58. The number of carbonyl (C=O) groups excluding carboxylic acids is 2. The fourth-order valence-corrected chi connectivity index (χ4v) is 2.17. The van der Waals surface area contributed by atoms with Crippen LogP contribution in [0.25, 0.3) is 0 Å². The van der Waals surface area contributed by atoms with Gasteiger partial charge in [0, 0.05) is 12.1 Å². The molecule has 3 rings (SSSR count). The first-order valence-electron chi connectivity index (χ1n) is 6.29. The molecule has 1 aliphatic rings. The Morgan fingerprint density at radius 2 is 2.00 bits per heavy atom. The Hall–Kier alpha value is -2.63. The molecule has 6 heteroatoms. The quantitative estimate of drug-likeness (QED) is 0.676. The zero-order chi connectivity index (χ0) is 14.3. The van der Waals surface area contributed by atoms with Crippen molar-refractivity contribution in [1.82, 2.24) is 9.88 Å². The highest BCUT2D eigenvalue weighted by molar-refractivity contribution is 6.21. The van der Waals surface area contributed by atoms with Crippen LogP contribution in [0.1, 0.15) is 39.3 Å². The van der Waals surface area contributed by atoms with Crippen molar-refractivity contribution in [3.8, 4) is 0 Å². The van der Waals surface area contributed by atoms with Crippen molar-refractivity contribution in [2.24, 2.45) is 0 Å². The Morgan fingerprint density at radius 3 is 2.70 bits per heavy atom. The number of hydrogen-bond donors (Lipinski definition) is 1. The molecule has 102 valence electrons. The van der Waals surface area contributed by atoms with E-state index in [1.165, 1.54) is 6.07 Å². The summed E-state index contributed by atoms with van der Waals surface area (Å²) >= 11 is 0. The minimum atomic E-state index is -0.367. The van der Waals surface area contributed by atoms with E-state index in [0.29, 0.717) is 29.1 Å². The number of nitrogens with two attached hydrogens (primary N) is 1. The molecular formula is C14H13N3O3. The predicted octanol–water partition coefficient (Wildman–Crippen LogP) is 1.62. The number of carbonyl (C=O) groups is 2. The van der Waals surface area contributed by atoms with Crippen LogP contribution in [0.15, 0.2) is 28.8 Å². The van der Waals surface area contributed by atoms with Crippen molar-refractivity contribution in [3.63, 3.8) is 0 Å². The molecule has 0 aliphatic carbocycles. The molecule has 2 N–H and O–H groups in total. The summed E-state index contributed by atoms with van der Waals surface area (Å²) in [4.78, 5) is 29.6. The number of imide groups is 1. The molecule has 2 heterocycles. The van der Waals surface area contributed by atoms with Crippen molar-refractivity contribution in [2.75, 3.05) is 5.73 Å². The molecule has 0 unspecified atom stereocenters. The Balaban J connectivity index is 1.89. The molecule has 0 radical (unpaired) electrons. The maximum absolute atomic E-state index is 12.2. The molecule has 1 aromatic heterocycles. The Bertz CT molecular complexity index is 705. The molecule has 0 spiro atoms. The van der Waals surface area contributed by atoms with Gasteiger partial charge in [-0.2, -0.15) is 0 Å². The molecule has 2 amide bonds. The summed E-state index contributed by atoms with van der Waals surface area (Å²) in [5.74, 6) is 0.361. The lowest BCUT2D eigenvalue weighted by Crippen LogP contribution is -2.29. The zero-order valence-corrected chi connectivity index (χ0v) is 10.9. The SMILES string of the molecule is CCc1cnc(CN2C(=O)c3ccc(N)cc3C2=O)o1. The van der Waals surface area contributed by atoms with Crippen molar-refractivity contribution in [2.45, 2.75) is 19.9 Å². The van der Waals surface area contributed by atoms with E-state index >= 15 is 0 Å². The van der Waals surface area contributed by atoms with Crippen LogP contribution in [0.5, 0.6) is 0 Å². The van der Waals surface area contributed by atoms with Gasteiger partial charge in [-0.3, -0.25) is 14.5 Å². The minimum Gasteiger partial charge on any atom is -0.444 e. The highest BCUT2D eigenvalue weighted by Crippen LogP contribution is 2.26. The van der Waals surface area contributed by atoms with Crippen molar-refractivity contribution in [3.05, 3.63) is 47.2 Å².